The zero-order valence-electron chi connectivity index (χ0n) is 8.60. The fourth-order valence-electron chi connectivity index (χ4n) is 1.67. The number of hydrogen-bond acceptors (Lipinski definition) is 2. The van der Waals surface area contributed by atoms with Crippen LogP contribution in [0, 0.1) is 11.6 Å². The van der Waals surface area contributed by atoms with Gasteiger partial charge >= 0.3 is 0 Å². The maximum atomic E-state index is 13.6. The van der Waals surface area contributed by atoms with E-state index in [0.29, 0.717) is 0 Å². The molecule has 0 amide bonds. The van der Waals surface area contributed by atoms with Crippen molar-refractivity contribution in [2.75, 3.05) is 13.1 Å². The zero-order chi connectivity index (χ0) is 11.5. The Morgan fingerprint density at radius 3 is 2.94 bits per heavy atom. The van der Waals surface area contributed by atoms with Gasteiger partial charge in [0.1, 0.15) is 11.6 Å². The van der Waals surface area contributed by atoms with Crippen LogP contribution in [0.2, 0.25) is 0 Å². The number of hydrogen-bond donors (Lipinski definition) is 1. The summed E-state index contributed by atoms with van der Waals surface area (Å²) in [5.41, 5.74) is -0.0127. The highest BCUT2D eigenvalue weighted by Crippen LogP contribution is 2.22. The fraction of sp³-hybridized carbons (Fsp3) is 0.455. The van der Waals surface area contributed by atoms with Crippen molar-refractivity contribution < 1.29 is 13.5 Å². The minimum atomic E-state index is -0.578. The van der Waals surface area contributed by atoms with Crippen LogP contribution in [-0.2, 0) is 11.3 Å². The summed E-state index contributed by atoms with van der Waals surface area (Å²) in [4.78, 5) is 0. The van der Waals surface area contributed by atoms with Crippen LogP contribution in [0.1, 0.15) is 12.0 Å². The van der Waals surface area contributed by atoms with Crippen LogP contribution in [0.5, 0.6) is 0 Å². The maximum absolute atomic E-state index is 13.6. The quantitative estimate of drug-likeness (QED) is 0.865. The molecule has 0 radical (unpaired) electrons. The summed E-state index contributed by atoms with van der Waals surface area (Å²) < 4.78 is 32.6. The molecule has 1 aromatic rings. The summed E-state index contributed by atoms with van der Waals surface area (Å²) in [5.74, 6) is -1.14. The van der Waals surface area contributed by atoms with Gasteiger partial charge in [0.25, 0.3) is 0 Å². The van der Waals surface area contributed by atoms with Gasteiger partial charge in [-0.3, -0.25) is 0 Å². The van der Waals surface area contributed by atoms with Crippen LogP contribution in [-0.4, -0.2) is 19.2 Å². The van der Waals surface area contributed by atoms with Crippen molar-refractivity contribution >= 4 is 15.9 Å². The lowest BCUT2D eigenvalue weighted by Gasteiger charge is -2.12. The molecule has 0 saturated carbocycles. The van der Waals surface area contributed by atoms with E-state index in [-0.39, 0.29) is 22.7 Å². The molecule has 16 heavy (non-hydrogen) atoms. The zero-order valence-corrected chi connectivity index (χ0v) is 10.2. The van der Waals surface area contributed by atoms with Crippen LogP contribution in [0.3, 0.4) is 0 Å². The number of ether oxygens (including phenoxy) is 1. The van der Waals surface area contributed by atoms with E-state index in [1.165, 1.54) is 12.1 Å². The molecule has 1 aliphatic heterocycles. The summed E-state index contributed by atoms with van der Waals surface area (Å²) >= 11 is 3.02. The highest BCUT2D eigenvalue weighted by atomic mass is 79.9. The van der Waals surface area contributed by atoms with Gasteiger partial charge in [0, 0.05) is 6.54 Å². The van der Waals surface area contributed by atoms with Crippen LogP contribution in [0.4, 0.5) is 8.78 Å². The van der Waals surface area contributed by atoms with E-state index < -0.39 is 11.6 Å². The third-order valence-electron chi connectivity index (χ3n) is 2.62. The number of nitrogens with one attached hydrogen (secondary N) is 1. The normalized spacial score (nSPS) is 20.3. The van der Waals surface area contributed by atoms with Crippen LogP contribution >= 0.6 is 15.9 Å². The molecule has 0 aromatic heterocycles. The Hall–Kier alpha value is -0.520. The van der Waals surface area contributed by atoms with Gasteiger partial charge < -0.3 is 10.1 Å². The largest absolute Gasteiger partial charge is 0.372 e. The average molecular weight is 292 g/mol. The molecular formula is C11H12BrF2NO. The molecule has 1 N–H and O–H groups in total. The first-order chi connectivity index (χ1) is 7.68. The molecule has 2 nitrogen and oxygen atoms in total. The van der Waals surface area contributed by atoms with E-state index in [2.05, 4.69) is 21.2 Å². The molecule has 0 aliphatic carbocycles. The Balaban J connectivity index is 2.05. The molecule has 1 fully saturated rings. The van der Waals surface area contributed by atoms with Gasteiger partial charge in [-0.15, -0.1) is 0 Å². The second kappa shape index (κ2) is 5.21. The van der Waals surface area contributed by atoms with E-state index in [1.54, 1.807) is 0 Å². The molecule has 1 aromatic carbocycles. The molecule has 1 unspecified atom stereocenters. The van der Waals surface area contributed by atoms with Crippen molar-refractivity contribution in [1.82, 2.24) is 5.32 Å². The van der Waals surface area contributed by atoms with Gasteiger partial charge in [-0.05, 0) is 41.0 Å². The van der Waals surface area contributed by atoms with Gasteiger partial charge in [0.05, 0.1) is 22.7 Å². The monoisotopic (exact) mass is 291 g/mol. The number of rotatable bonds is 3. The van der Waals surface area contributed by atoms with Crippen LogP contribution in [0.15, 0.2) is 16.6 Å². The number of halogens is 3. The van der Waals surface area contributed by atoms with E-state index in [4.69, 9.17) is 4.74 Å². The lowest BCUT2D eigenvalue weighted by atomic mass is 10.2. The first-order valence-corrected chi connectivity index (χ1v) is 5.92. The predicted molar refractivity (Wildman–Crippen MR) is 60.1 cm³/mol. The molecule has 1 heterocycles. The van der Waals surface area contributed by atoms with Gasteiger partial charge in [-0.1, -0.05) is 0 Å². The van der Waals surface area contributed by atoms with Crippen molar-refractivity contribution in [3.63, 3.8) is 0 Å². The van der Waals surface area contributed by atoms with Gasteiger partial charge in [0.2, 0.25) is 0 Å². The SMILES string of the molecule is Fc1ccc(Br)c(F)c1COC1CCNC1. The van der Waals surface area contributed by atoms with Crippen molar-refractivity contribution in [3.8, 4) is 0 Å². The summed E-state index contributed by atoms with van der Waals surface area (Å²) in [6.45, 7) is 1.62. The molecule has 88 valence electrons. The average Bonchev–Trinajstić information content (AvgIpc) is 2.77. The molecule has 0 spiro atoms. The molecule has 2 rings (SSSR count). The van der Waals surface area contributed by atoms with Gasteiger partial charge in [-0.2, -0.15) is 0 Å². The Morgan fingerprint density at radius 1 is 1.44 bits per heavy atom. The summed E-state index contributed by atoms with van der Waals surface area (Å²) in [6, 6.07) is 2.59. The van der Waals surface area contributed by atoms with Crippen LogP contribution < -0.4 is 5.32 Å². The van der Waals surface area contributed by atoms with Gasteiger partial charge in [0.15, 0.2) is 0 Å². The van der Waals surface area contributed by atoms with E-state index in [1.807, 2.05) is 0 Å². The van der Waals surface area contributed by atoms with Crippen molar-refractivity contribution in [2.24, 2.45) is 0 Å². The topological polar surface area (TPSA) is 21.3 Å². The van der Waals surface area contributed by atoms with Gasteiger partial charge in [-0.25, -0.2) is 8.78 Å². The third kappa shape index (κ3) is 2.59. The molecule has 1 aliphatic rings. The summed E-state index contributed by atoms with van der Waals surface area (Å²) in [5, 5.41) is 3.13. The number of benzene rings is 1. The van der Waals surface area contributed by atoms with Crippen molar-refractivity contribution in [3.05, 3.63) is 33.8 Å². The smallest absolute Gasteiger partial charge is 0.145 e. The Bertz CT molecular complexity index is 380. The molecule has 5 heteroatoms. The van der Waals surface area contributed by atoms with E-state index >= 15 is 0 Å². The Labute approximate surface area is 101 Å². The molecule has 0 bridgehead atoms. The van der Waals surface area contributed by atoms with E-state index in [0.717, 1.165) is 19.5 Å². The fourth-order valence-corrected chi connectivity index (χ4v) is 2.04. The van der Waals surface area contributed by atoms with E-state index in [9.17, 15) is 8.78 Å². The lowest BCUT2D eigenvalue weighted by Crippen LogP contribution is -2.17. The summed E-state index contributed by atoms with van der Waals surface area (Å²) in [6.07, 6.45) is 0.940. The lowest BCUT2D eigenvalue weighted by molar-refractivity contribution is 0.0507. The first kappa shape index (κ1) is 12.0. The Morgan fingerprint density at radius 2 is 2.25 bits per heavy atom. The molecule has 1 saturated heterocycles. The minimum absolute atomic E-state index is 0.0127. The predicted octanol–water partition coefficient (Wildman–Crippen LogP) is 2.61. The molecular weight excluding hydrogens is 280 g/mol. The standard InChI is InChI=1S/C11H12BrF2NO/c12-9-1-2-10(13)8(11(9)14)6-16-7-3-4-15-5-7/h1-2,7,15H,3-6H2. The van der Waals surface area contributed by atoms with Crippen LogP contribution in [0.25, 0.3) is 0 Å². The Kier molecular flexibility index (Phi) is 3.89. The second-order valence-corrected chi connectivity index (χ2v) is 4.60. The van der Waals surface area contributed by atoms with Crippen molar-refractivity contribution in [1.29, 1.82) is 0 Å². The first-order valence-electron chi connectivity index (χ1n) is 5.13. The highest BCUT2D eigenvalue weighted by molar-refractivity contribution is 9.10. The molecule has 1 atom stereocenters. The third-order valence-corrected chi connectivity index (χ3v) is 3.23. The highest BCUT2D eigenvalue weighted by Gasteiger charge is 2.18. The summed E-state index contributed by atoms with van der Waals surface area (Å²) in [7, 11) is 0. The minimum Gasteiger partial charge on any atom is -0.372 e. The van der Waals surface area contributed by atoms with Crippen molar-refractivity contribution in [2.45, 2.75) is 19.1 Å². The maximum Gasteiger partial charge on any atom is 0.145 e. The second-order valence-electron chi connectivity index (χ2n) is 3.75.